The highest BCUT2D eigenvalue weighted by atomic mass is 32.2. The van der Waals surface area contributed by atoms with Gasteiger partial charge in [-0.25, -0.2) is 4.79 Å². The fourth-order valence-corrected chi connectivity index (χ4v) is 2.93. The lowest BCUT2D eigenvalue weighted by Gasteiger charge is -2.32. The predicted molar refractivity (Wildman–Crippen MR) is 88.9 cm³/mol. The number of nitrogens with zero attached hydrogens (tertiary/aromatic N) is 1. The zero-order chi connectivity index (χ0) is 20.6. The SMILES string of the molecule is COc1cc(OS(=O)(=O)C(F)(F)F)cc2c1CN(C(=O)OC(C)(C)C)CC2. The molecule has 152 valence electrons. The van der Waals surface area contributed by atoms with Crippen molar-refractivity contribution in [2.24, 2.45) is 0 Å². The van der Waals surface area contributed by atoms with Crippen molar-refractivity contribution in [2.45, 2.75) is 44.8 Å². The molecular formula is C16H20F3NO6S. The molecule has 0 radical (unpaired) electrons. The molecule has 7 nitrogen and oxygen atoms in total. The van der Waals surface area contributed by atoms with Crippen LogP contribution in [-0.2, 0) is 27.8 Å². The van der Waals surface area contributed by atoms with Crippen LogP contribution >= 0.6 is 0 Å². The van der Waals surface area contributed by atoms with Crippen LogP contribution in [0.4, 0.5) is 18.0 Å². The maximum atomic E-state index is 12.5. The normalized spacial score (nSPS) is 15.1. The molecule has 0 saturated heterocycles. The van der Waals surface area contributed by atoms with E-state index in [1.807, 2.05) is 0 Å². The number of benzene rings is 1. The lowest BCUT2D eigenvalue weighted by molar-refractivity contribution is -0.0500. The van der Waals surface area contributed by atoms with E-state index in [9.17, 15) is 26.4 Å². The first-order valence-electron chi connectivity index (χ1n) is 7.92. The van der Waals surface area contributed by atoms with Crippen molar-refractivity contribution in [3.8, 4) is 11.5 Å². The summed E-state index contributed by atoms with van der Waals surface area (Å²) in [5.74, 6) is -0.387. The molecule has 1 aliphatic rings. The lowest BCUT2D eigenvalue weighted by atomic mass is 9.98. The number of ether oxygens (including phenoxy) is 2. The quantitative estimate of drug-likeness (QED) is 0.561. The third-order valence-corrected chi connectivity index (χ3v) is 4.61. The van der Waals surface area contributed by atoms with Gasteiger partial charge in [-0.15, -0.1) is 0 Å². The number of alkyl halides is 3. The molecule has 0 spiro atoms. The summed E-state index contributed by atoms with van der Waals surface area (Å²) >= 11 is 0. The summed E-state index contributed by atoms with van der Waals surface area (Å²) in [5, 5.41) is 0. The summed E-state index contributed by atoms with van der Waals surface area (Å²) in [4.78, 5) is 13.7. The van der Waals surface area contributed by atoms with E-state index >= 15 is 0 Å². The fourth-order valence-electron chi connectivity index (χ4n) is 2.49. The van der Waals surface area contributed by atoms with Crippen molar-refractivity contribution in [2.75, 3.05) is 13.7 Å². The third-order valence-electron chi connectivity index (χ3n) is 3.64. The number of carbonyl (C=O) groups excluding carboxylic acids is 1. The summed E-state index contributed by atoms with van der Waals surface area (Å²) in [5.41, 5.74) is -5.14. The van der Waals surface area contributed by atoms with E-state index in [1.54, 1.807) is 20.8 Å². The highest BCUT2D eigenvalue weighted by molar-refractivity contribution is 7.88. The zero-order valence-corrected chi connectivity index (χ0v) is 16.0. The molecule has 0 fully saturated rings. The van der Waals surface area contributed by atoms with Crippen molar-refractivity contribution < 1.29 is 40.0 Å². The molecule has 1 aromatic carbocycles. The molecule has 1 aromatic rings. The summed E-state index contributed by atoms with van der Waals surface area (Å²) in [6.07, 6.45) is -0.260. The Morgan fingerprint density at radius 3 is 2.33 bits per heavy atom. The summed E-state index contributed by atoms with van der Waals surface area (Å²) in [6.45, 7) is 5.55. The van der Waals surface area contributed by atoms with Gasteiger partial charge in [0.25, 0.3) is 0 Å². The van der Waals surface area contributed by atoms with E-state index in [-0.39, 0.29) is 25.3 Å². The summed E-state index contributed by atoms with van der Waals surface area (Å²) < 4.78 is 74.6. The topological polar surface area (TPSA) is 82.1 Å². The number of fused-ring (bicyclic) bond motifs is 1. The van der Waals surface area contributed by atoms with Gasteiger partial charge in [-0.3, -0.25) is 0 Å². The molecule has 1 amide bonds. The number of hydrogen-bond donors (Lipinski definition) is 0. The van der Waals surface area contributed by atoms with E-state index in [0.29, 0.717) is 11.1 Å². The van der Waals surface area contributed by atoms with Crippen LogP contribution in [0.5, 0.6) is 11.5 Å². The van der Waals surface area contributed by atoms with Gasteiger partial charge in [-0.1, -0.05) is 0 Å². The summed E-state index contributed by atoms with van der Waals surface area (Å²) in [7, 11) is -4.51. The van der Waals surface area contributed by atoms with Crippen LogP contribution in [0, 0.1) is 0 Å². The minimum atomic E-state index is -5.79. The maximum absolute atomic E-state index is 12.5. The first kappa shape index (κ1) is 21.1. The first-order chi connectivity index (χ1) is 12.2. The average molecular weight is 411 g/mol. The van der Waals surface area contributed by atoms with E-state index in [1.165, 1.54) is 18.1 Å². The second-order valence-corrected chi connectivity index (χ2v) is 8.44. The standard InChI is InChI=1S/C16H20F3NO6S/c1-15(2,3)25-14(21)20-6-5-10-7-11(8-13(24-4)12(10)9-20)26-27(22,23)16(17,18)19/h7-8H,5-6,9H2,1-4H3. The number of rotatable bonds is 3. The van der Waals surface area contributed by atoms with E-state index in [4.69, 9.17) is 9.47 Å². The van der Waals surface area contributed by atoms with Crippen molar-refractivity contribution in [1.82, 2.24) is 4.90 Å². The highest BCUT2D eigenvalue weighted by Gasteiger charge is 2.48. The molecular weight excluding hydrogens is 391 g/mol. The molecule has 2 rings (SSSR count). The average Bonchev–Trinajstić information content (AvgIpc) is 2.50. The van der Waals surface area contributed by atoms with Crippen molar-refractivity contribution >= 4 is 16.2 Å². The minimum absolute atomic E-state index is 0.111. The van der Waals surface area contributed by atoms with Crippen LogP contribution in [0.15, 0.2) is 12.1 Å². The van der Waals surface area contributed by atoms with Crippen molar-refractivity contribution in [1.29, 1.82) is 0 Å². The monoisotopic (exact) mass is 411 g/mol. The number of amides is 1. The Bertz CT molecular complexity index is 813. The fraction of sp³-hybridized carbons (Fsp3) is 0.562. The molecule has 27 heavy (non-hydrogen) atoms. The number of methoxy groups -OCH3 is 1. The molecule has 1 heterocycles. The molecule has 0 atom stereocenters. The predicted octanol–water partition coefficient (Wildman–Crippen LogP) is 3.22. The minimum Gasteiger partial charge on any atom is -0.496 e. The van der Waals surface area contributed by atoms with Gasteiger partial charge in [0.05, 0.1) is 13.7 Å². The van der Waals surface area contributed by atoms with Crippen LogP contribution in [0.3, 0.4) is 0 Å². The molecule has 0 aromatic heterocycles. The second kappa shape index (κ2) is 7.10. The zero-order valence-electron chi connectivity index (χ0n) is 15.2. The van der Waals surface area contributed by atoms with Crippen LogP contribution in [0.2, 0.25) is 0 Å². The number of carbonyl (C=O) groups is 1. The number of halogens is 3. The molecule has 0 unspecified atom stereocenters. The van der Waals surface area contributed by atoms with Gasteiger partial charge in [-0.2, -0.15) is 21.6 Å². The summed E-state index contributed by atoms with van der Waals surface area (Å²) in [6, 6.07) is 2.24. The van der Waals surface area contributed by atoms with Crippen LogP contribution in [-0.4, -0.2) is 44.2 Å². The largest absolute Gasteiger partial charge is 0.534 e. The van der Waals surface area contributed by atoms with Gasteiger partial charge in [0, 0.05) is 18.2 Å². The van der Waals surface area contributed by atoms with E-state index in [2.05, 4.69) is 4.18 Å². The Labute approximate surface area is 155 Å². The lowest BCUT2D eigenvalue weighted by Crippen LogP contribution is -2.40. The van der Waals surface area contributed by atoms with Gasteiger partial charge in [-0.05, 0) is 38.8 Å². The Kier molecular flexibility index (Phi) is 5.56. The third kappa shape index (κ3) is 4.96. The molecule has 0 aliphatic carbocycles. The molecule has 11 heteroatoms. The maximum Gasteiger partial charge on any atom is 0.534 e. The van der Waals surface area contributed by atoms with E-state index < -0.39 is 33.1 Å². The van der Waals surface area contributed by atoms with Gasteiger partial charge in [0.2, 0.25) is 0 Å². The van der Waals surface area contributed by atoms with Gasteiger partial charge in [0.1, 0.15) is 17.1 Å². The molecule has 0 saturated carbocycles. The first-order valence-corrected chi connectivity index (χ1v) is 9.33. The molecule has 0 bridgehead atoms. The smallest absolute Gasteiger partial charge is 0.496 e. The Hall–Kier alpha value is -2.17. The Morgan fingerprint density at radius 2 is 1.81 bits per heavy atom. The Morgan fingerprint density at radius 1 is 1.19 bits per heavy atom. The van der Waals surface area contributed by atoms with Crippen LogP contribution in [0.1, 0.15) is 31.9 Å². The number of hydrogen-bond acceptors (Lipinski definition) is 6. The van der Waals surface area contributed by atoms with Gasteiger partial charge < -0.3 is 18.6 Å². The van der Waals surface area contributed by atoms with Crippen LogP contribution < -0.4 is 8.92 Å². The molecule has 0 N–H and O–H groups in total. The second-order valence-electron chi connectivity index (χ2n) is 6.90. The molecule has 1 aliphatic heterocycles. The van der Waals surface area contributed by atoms with E-state index in [0.717, 1.165) is 6.07 Å². The highest BCUT2D eigenvalue weighted by Crippen LogP contribution is 2.35. The van der Waals surface area contributed by atoms with Gasteiger partial charge in [0.15, 0.2) is 0 Å². The van der Waals surface area contributed by atoms with Crippen molar-refractivity contribution in [3.63, 3.8) is 0 Å². The van der Waals surface area contributed by atoms with Crippen LogP contribution in [0.25, 0.3) is 0 Å². The Balaban J connectivity index is 2.29. The van der Waals surface area contributed by atoms with Gasteiger partial charge >= 0.3 is 21.7 Å². The van der Waals surface area contributed by atoms with Crippen molar-refractivity contribution in [3.05, 3.63) is 23.3 Å².